The molecule has 0 unspecified atom stereocenters. The molecular weight excluding hydrogens is 260 g/mol. The molecule has 0 aliphatic heterocycles. The van der Waals surface area contributed by atoms with Crippen LogP contribution in [0.25, 0.3) is 6.08 Å². The minimum absolute atomic E-state index is 0.00483. The summed E-state index contributed by atoms with van der Waals surface area (Å²) in [5, 5.41) is 8.75. The van der Waals surface area contributed by atoms with Gasteiger partial charge >= 0.3 is 0 Å². The van der Waals surface area contributed by atoms with Crippen LogP contribution in [-0.4, -0.2) is 5.78 Å². The molecule has 0 aliphatic carbocycles. The molecular formula is C16H9F2NO. The molecule has 0 saturated carbocycles. The molecule has 0 atom stereocenters. The lowest BCUT2D eigenvalue weighted by Crippen LogP contribution is -1.95. The van der Waals surface area contributed by atoms with Gasteiger partial charge in [0, 0.05) is 11.1 Å². The van der Waals surface area contributed by atoms with Crippen LogP contribution >= 0.6 is 0 Å². The first-order valence-corrected chi connectivity index (χ1v) is 5.78. The van der Waals surface area contributed by atoms with Crippen molar-refractivity contribution in [1.29, 1.82) is 5.26 Å². The van der Waals surface area contributed by atoms with Crippen LogP contribution in [0.3, 0.4) is 0 Å². The van der Waals surface area contributed by atoms with Gasteiger partial charge in [-0.25, -0.2) is 8.78 Å². The molecule has 0 saturated heterocycles. The minimum Gasteiger partial charge on any atom is -0.289 e. The van der Waals surface area contributed by atoms with E-state index in [2.05, 4.69) is 0 Å². The predicted octanol–water partition coefficient (Wildman–Crippen LogP) is 3.73. The van der Waals surface area contributed by atoms with Crippen molar-refractivity contribution in [2.45, 2.75) is 0 Å². The van der Waals surface area contributed by atoms with E-state index in [1.54, 1.807) is 18.2 Å². The van der Waals surface area contributed by atoms with Crippen LogP contribution in [0, 0.1) is 23.0 Å². The first kappa shape index (κ1) is 13.6. The average Bonchev–Trinajstić information content (AvgIpc) is 2.48. The van der Waals surface area contributed by atoms with Gasteiger partial charge in [0.1, 0.15) is 0 Å². The van der Waals surface area contributed by atoms with Gasteiger partial charge in [0.2, 0.25) is 0 Å². The third-order valence-electron chi connectivity index (χ3n) is 2.67. The Kier molecular flexibility index (Phi) is 4.02. The topological polar surface area (TPSA) is 40.9 Å². The SMILES string of the molecule is N#Cc1cccc(C(=O)C=Cc2cccc(F)c2F)c1. The van der Waals surface area contributed by atoms with Crippen molar-refractivity contribution in [3.8, 4) is 6.07 Å². The third kappa shape index (κ3) is 2.96. The average molecular weight is 269 g/mol. The number of allylic oxidation sites excluding steroid dienone is 1. The Bertz CT molecular complexity index is 729. The van der Waals surface area contributed by atoms with Gasteiger partial charge in [0.25, 0.3) is 0 Å². The summed E-state index contributed by atoms with van der Waals surface area (Å²) in [6.07, 6.45) is 2.36. The minimum atomic E-state index is -0.998. The van der Waals surface area contributed by atoms with E-state index in [1.165, 1.54) is 24.3 Å². The molecule has 20 heavy (non-hydrogen) atoms. The van der Waals surface area contributed by atoms with Crippen LogP contribution in [0.5, 0.6) is 0 Å². The highest BCUT2D eigenvalue weighted by Crippen LogP contribution is 2.14. The van der Waals surface area contributed by atoms with E-state index in [0.717, 1.165) is 12.1 Å². The lowest BCUT2D eigenvalue weighted by atomic mass is 10.1. The van der Waals surface area contributed by atoms with Crippen LogP contribution in [0.4, 0.5) is 8.78 Å². The highest BCUT2D eigenvalue weighted by molar-refractivity contribution is 6.07. The van der Waals surface area contributed by atoms with E-state index in [0.29, 0.717) is 11.1 Å². The fourth-order valence-corrected chi connectivity index (χ4v) is 1.65. The van der Waals surface area contributed by atoms with Crippen LogP contribution in [0.1, 0.15) is 21.5 Å². The number of ketones is 1. The number of halogens is 2. The normalized spacial score (nSPS) is 10.4. The Morgan fingerprint density at radius 2 is 1.90 bits per heavy atom. The van der Waals surface area contributed by atoms with E-state index in [4.69, 9.17) is 5.26 Å². The van der Waals surface area contributed by atoms with Gasteiger partial charge in [-0.05, 0) is 30.4 Å². The van der Waals surface area contributed by atoms with E-state index >= 15 is 0 Å². The molecule has 2 nitrogen and oxygen atoms in total. The quantitative estimate of drug-likeness (QED) is 0.629. The molecule has 98 valence electrons. The zero-order valence-corrected chi connectivity index (χ0v) is 10.3. The second-order valence-electron chi connectivity index (χ2n) is 4.03. The van der Waals surface area contributed by atoms with Crippen LogP contribution in [0.2, 0.25) is 0 Å². The van der Waals surface area contributed by atoms with Crippen molar-refractivity contribution in [3.05, 3.63) is 76.9 Å². The number of hydrogen-bond donors (Lipinski definition) is 0. The number of hydrogen-bond acceptors (Lipinski definition) is 2. The first-order valence-electron chi connectivity index (χ1n) is 5.78. The fraction of sp³-hybridized carbons (Fsp3) is 0. The standard InChI is InChI=1S/C16H9F2NO/c17-14-6-2-4-12(16(14)18)7-8-15(20)13-5-1-3-11(9-13)10-19/h1-9H. The molecule has 2 rings (SSSR count). The van der Waals surface area contributed by atoms with Gasteiger partial charge in [0.15, 0.2) is 17.4 Å². The van der Waals surface area contributed by atoms with Crippen LogP contribution in [-0.2, 0) is 0 Å². The molecule has 0 N–H and O–H groups in total. The molecule has 4 heteroatoms. The summed E-state index contributed by atoms with van der Waals surface area (Å²) in [6.45, 7) is 0. The molecule has 2 aromatic rings. The Morgan fingerprint density at radius 3 is 2.65 bits per heavy atom. The molecule has 0 bridgehead atoms. The highest BCUT2D eigenvalue weighted by atomic mass is 19.2. The Morgan fingerprint density at radius 1 is 1.15 bits per heavy atom. The van der Waals surface area contributed by atoms with Crippen molar-refractivity contribution in [3.63, 3.8) is 0 Å². The number of nitriles is 1. The molecule has 0 aromatic heterocycles. The van der Waals surface area contributed by atoms with Crippen molar-refractivity contribution in [2.75, 3.05) is 0 Å². The lowest BCUT2D eigenvalue weighted by Gasteiger charge is -1.98. The zero-order chi connectivity index (χ0) is 14.5. The molecule has 2 aromatic carbocycles. The summed E-state index contributed by atoms with van der Waals surface area (Å²) in [6, 6.07) is 11.8. The summed E-state index contributed by atoms with van der Waals surface area (Å²) >= 11 is 0. The number of nitrogens with zero attached hydrogens (tertiary/aromatic N) is 1. The van der Waals surface area contributed by atoms with Gasteiger partial charge in [-0.1, -0.05) is 24.3 Å². The Labute approximate surface area is 114 Å². The smallest absolute Gasteiger partial charge is 0.185 e. The summed E-state index contributed by atoms with van der Waals surface area (Å²) in [7, 11) is 0. The molecule has 0 amide bonds. The number of carbonyl (C=O) groups excluding carboxylic acids is 1. The summed E-state index contributed by atoms with van der Waals surface area (Å²) in [5.41, 5.74) is 0.674. The zero-order valence-electron chi connectivity index (χ0n) is 10.3. The maximum absolute atomic E-state index is 13.4. The maximum atomic E-state index is 13.4. The largest absolute Gasteiger partial charge is 0.289 e. The molecule has 0 fully saturated rings. The second-order valence-corrected chi connectivity index (χ2v) is 4.03. The molecule has 0 heterocycles. The predicted molar refractivity (Wildman–Crippen MR) is 70.9 cm³/mol. The van der Waals surface area contributed by atoms with E-state index in [1.807, 2.05) is 6.07 Å². The van der Waals surface area contributed by atoms with Crippen molar-refractivity contribution >= 4 is 11.9 Å². The molecule has 0 radical (unpaired) electrons. The van der Waals surface area contributed by atoms with Gasteiger partial charge in [0.05, 0.1) is 11.6 Å². The fourth-order valence-electron chi connectivity index (χ4n) is 1.65. The Balaban J connectivity index is 2.25. The number of rotatable bonds is 3. The van der Waals surface area contributed by atoms with Crippen molar-refractivity contribution < 1.29 is 13.6 Å². The monoisotopic (exact) mass is 269 g/mol. The maximum Gasteiger partial charge on any atom is 0.185 e. The second kappa shape index (κ2) is 5.89. The van der Waals surface area contributed by atoms with Crippen molar-refractivity contribution in [1.82, 2.24) is 0 Å². The van der Waals surface area contributed by atoms with E-state index in [-0.39, 0.29) is 11.3 Å². The van der Waals surface area contributed by atoms with E-state index < -0.39 is 11.6 Å². The molecule has 0 aliphatic rings. The highest BCUT2D eigenvalue weighted by Gasteiger charge is 2.06. The molecule has 0 spiro atoms. The number of benzene rings is 2. The third-order valence-corrected chi connectivity index (χ3v) is 2.67. The van der Waals surface area contributed by atoms with Gasteiger partial charge < -0.3 is 0 Å². The van der Waals surface area contributed by atoms with E-state index in [9.17, 15) is 13.6 Å². The lowest BCUT2D eigenvalue weighted by molar-refractivity contribution is 0.104. The van der Waals surface area contributed by atoms with Crippen molar-refractivity contribution in [2.24, 2.45) is 0 Å². The van der Waals surface area contributed by atoms with Gasteiger partial charge in [-0.15, -0.1) is 0 Å². The van der Waals surface area contributed by atoms with Crippen LogP contribution < -0.4 is 0 Å². The number of carbonyl (C=O) groups is 1. The van der Waals surface area contributed by atoms with Gasteiger partial charge in [-0.2, -0.15) is 5.26 Å². The first-order chi connectivity index (χ1) is 9.61. The van der Waals surface area contributed by atoms with Crippen LogP contribution in [0.15, 0.2) is 48.5 Å². The summed E-state index contributed by atoms with van der Waals surface area (Å²) in [5.74, 6) is -2.35. The van der Waals surface area contributed by atoms with Gasteiger partial charge in [-0.3, -0.25) is 4.79 Å². The summed E-state index contributed by atoms with van der Waals surface area (Å²) in [4.78, 5) is 11.9. The summed E-state index contributed by atoms with van der Waals surface area (Å²) < 4.78 is 26.4. The Hall–Kier alpha value is -2.80.